The van der Waals surface area contributed by atoms with Crippen LogP contribution in [0.1, 0.15) is 11.1 Å². The zero-order valence-corrected chi connectivity index (χ0v) is 18.3. The third-order valence-corrected chi connectivity index (χ3v) is 8.50. The second-order valence-electron chi connectivity index (χ2n) is 7.13. The van der Waals surface area contributed by atoms with Crippen molar-refractivity contribution in [1.82, 2.24) is 4.90 Å². The van der Waals surface area contributed by atoms with Crippen molar-refractivity contribution in [3.05, 3.63) is 103 Å². The molecule has 3 rings (SSSR count). The van der Waals surface area contributed by atoms with Crippen LogP contribution in [0.25, 0.3) is 6.08 Å². The van der Waals surface area contributed by atoms with Gasteiger partial charge in [-0.1, -0.05) is 73.3 Å². The van der Waals surface area contributed by atoms with Gasteiger partial charge in [0.1, 0.15) is 0 Å². The Hall–Kier alpha value is -2.26. The topological polar surface area (TPSA) is 77.8 Å². The normalized spacial score (nSPS) is 15.3. The number of benzene rings is 3. The average Bonchev–Trinajstić information content (AvgIpc) is 2.75. The third-order valence-electron chi connectivity index (χ3n) is 4.72. The quantitative estimate of drug-likeness (QED) is 0.486. The first-order chi connectivity index (χ1) is 14.3. The molecule has 0 saturated heterocycles. The van der Waals surface area contributed by atoms with Crippen LogP contribution >= 0.6 is 14.7 Å². The molecule has 0 fully saturated rings. The number of rotatable bonds is 9. The first-order valence-electron chi connectivity index (χ1n) is 9.49. The maximum atomic E-state index is 13.1. The van der Waals surface area contributed by atoms with Crippen LogP contribution in [0, 0.1) is 0 Å². The van der Waals surface area contributed by atoms with Gasteiger partial charge in [-0.2, -0.15) is 0 Å². The number of hydrogen-bond acceptors (Lipinski definition) is 3. The summed E-state index contributed by atoms with van der Waals surface area (Å²) in [5, 5.41) is 0.647. The molecule has 0 heterocycles. The van der Waals surface area contributed by atoms with E-state index in [4.69, 9.17) is 0 Å². The Labute approximate surface area is 177 Å². The molecule has 0 aliphatic rings. The highest BCUT2D eigenvalue weighted by Gasteiger charge is 2.30. The predicted octanol–water partition coefficient (Wildman–Crippen LogP) is 4.24. The van der Waals surface area contributed by atoms with E-state index < -0.39 is 14.7 Å². The molecule has 0 amide bonds. The lowest BCUT2D eigenvalue weighted by atomic mass is 10.1. The van der Waals surface area contributed by atoms with Gasteiger partial charge in [0.15, 0.2) is 0 Å². The molecule has 2 atom stereocenters. The predicted molar refractivity (Wildman–Crippen MR) is 124 cm³/mol. The highest BCUT2D eigenvalue weighted by molar-refractivity contribution is 7.67. The van der Waals surface area contributed by atoms with E-state index in [9.17, 15) is 18.9 Å². The van der Waals surface area contributed by atoms with E-state index in [1.165, 1.54) is 0 Å². The van der Waals surface area contributed by atoms with Crippen molar-refractivity contribution < 1.29 is 18.9 Å². The lowest BCUT2D eigenvalue weighted by Gasteiger charge is -2.27. The molecule has 0 aliphatic carbocycles. The first kappa shape index (κ1) is 22.4. The molecule has 7 heteroatoms. The summed E-state index contributed by atoms with van der Waals surface area (Å²) in [6, 6.07) is 24.4. The van der Waals surface area contributed by atoms with Crippen LogP contribution in [-0.4, -0.2) is 27.3 Å². The Morgan fingerprint density at radius 1 is 0.733 bits per heavy atom. The summed E-state index contributed by atoms with van der Waals surface area (Å²) >= 11 is 0. The van der Waals surface area contributed by atoms with Gasteiger partial charge in [0.2, 0.25) is 14.7 Å². The fourth-order valence-electron chi connectivity index (χ4n) is 3.19. The molecular formula is C23H25NO4P2. The molecule has 2 N–H and O–H groups in total. The van der Waals surface area contributed by atoms with Gasteiger partial charge < -0.3 is 9.79 Å². The van der Waals surface area contributed by atoms with Gasteiger partial charge in [0, 0.05) is 17.2 Å². The first-order valence-corrected chi connectivity index (χ1v) is 13.2. The summed E-state index contributed by atoms with van der Waals surface area (Å²) in [7, 11) is -7.51. The zero-order valence-electron chi connectivity index (χ0n) is 16.5. The highest BCUT2D eigenvalue weighted by atomic mass is 31.2. The fraction of sp³-hybridized carbons (Fsp3) is 0.130. The van der Waals surface area contributed by atoms with Gasteiger partial charge >= 0.3 is 0 Å². The summed E-state index contributed by atoms with van der Waals surface area (Å²) in [6.07, 6.45) is 1.28. The summed E-state index contributed by atoms with van der Waals surface area (Å²) in [5.74, 6) is 0. The second kappa shape index (κ2) is 9.70. The van der Waals surface area contributed by atoms with E-state index in [0.717, 1.165) is 11.1 Å². The van der Waals surface area contributed by atoms with Gasteiger partial charge in [-0.3, -0.25) is 14.0 Å². The van der Waals surface area contributed by atoms with Crippen LogP contribution in [0.2, 0.25) is 0 Å². The Morgan fingerprint density at radius 2 is 1.17 bits per heavy atom. The van der Waals surface area contributed by atoms with E-state index in [2.05, 4.69) is 6.58 Å². The second-order valence-corrected chi connectivity index (χ2v) is 11.5. The molecule has 0 aliphatic heterocycles. The van der Waals surface area contributed by atoms with Crippen molar-refractivity contribution in [3.63, 3.8) is 0 Å². The SMILES string of the molecule is C=Cc1ccc(CN(CP(=O)(O)c2ccccc2)CP(=O)(O)c2ccccc2)cc1. The smallest absolute Gasteiger partial charge is 0.243 e. The molecular weight excluding hydrogens is 416 g/mol. The molecule has 0 saturated carbocycles. The molecule has 5 nitrogen and oxygen atoms in total. The standard InChI is InChI=1S/C23H25NO4P2/c1-2-20-13-15-21(16-14-20)17-24(18-29(25,26)22-9-5-3-6-10-22)19-30(27,28)23-11-7-4-8-12-23/h2-16H,1,17-19H2,(H,25,26)(H,27,28). The van der Waals surface area contributed by atoms with Crippen molar-refractivity contribution in [2.45, 2.75) is 6.54 Å². The van der Waals surface area contributed by atoms with Gasteiger partial charge in [0.05, 0.1) is 12.6 Å². The van der Waals surface area contributed by atoms with E-state index in [1.54, 1.807) is 71.6 Å². The Kier molecular flexibility index (Phi) is 7.25. The molecule has 3 aromatic rings. The number of nitrogens with zero attached hydrogens (tertiary/aromatic N) is 1. The van der Waals surface area contributed by atoms with Crippen LogP contribution in [0.3, 0.4) is 0 Å². The summed E-state index contributed by atoms with van der Waals surface area (Å²) in [5.41, 5.74) is 1.83. The zero-order chi connectivity index (χ0) is 21.6. The van der Waals surface area contributed by atoms with E-state index >= 15 is 0 Å². The lowest BCUT2D eigenvalue weighted by molar-refractivity contribution is 0.325. The molecule has 0 aromatic heterocycles. The molecule has 156 valence electrons. The Balaban J connectivity index is 1.88. The van der Waals surface area contributed by atoms with E-state index in [1.807, 2.05) is 24.3 Å². The van der Waals surface area contributed by atoms with Gasteiger partial charge in [-0.05, 0) is 35.4 Å². The molecule has 0 radical (unpaired) electrons. The summed E-state index contributed by atoms with van der Waals surface area (Å²) < 4.78 is 26.1. The largest absolute Gasteiger partial charge is 0.340 e. The Morgan fingerprint density at radius 3 is 1.57 bits per heavy atom. The minimum absolute atomic E-state index is 0.225. The van der Waals surface area contributed by atoms with Crippen molar-refractivity contribution in [2.24, 2.45) is 0 Å². The van der Waals surface area contributed by atoms with Gasteiger partial charge in [0.25, 0.3) is 0 Å². The van der Waals surface area contributed by atoms with E-state index in [-0.39, 0.29) is 19.1 Å². The number of hydrogen-bond donors (Lipinski definition) is 2. The van der Waals surface area contributed by atoms with Crippen LogP contribution < -0.4 is 10.6 Å². The molecule has 0 bridgehead atoms. The molecule has 0 spiro atoms. The minimum atomic E-state index is -3.75. The Bertz CT molecular complexity index is 1010. The lowest BCUT2D eigenvalue weighted by Crippen LogP contribution is -2.30. The average molecular weight is 441 g/mol. The fourth-order valence-corrected chi connectivity index (χ4v) is 6.43. The minimum Gasteiger partial charge on any atom is -0.340 e. The third kappa shape index (κ3) is 5.89. The van der Waals surface area contributed by atoms with Crippen LogP contribution in [0.15, 0.2) is 91.5 Å². The van der Waals surface area contributed by atoms with E-state index in [0.29, 0.717) is 10.6 Å². The highest BCUT2D eigenvalue weighted by Crippen LogP contribution is 2.45. The summed E-state index contributed by atoms with van der Waals surface area (Å²) in [4.78, 5) is 23.0. The molecule has 2 unspecified atom stereocenters. The van der Waals surface area contributed by atoms with Crippen molar-refractivity contribution in [3.8, 4) is 0 Å². The van der Waals surface area contributed by atoms with Crippen LogP contribution in [0.4, 0.5) is 0 Å². The van der Waals surface area contributed by atoms with Gasteiger partial charge in [-0.25, -0.2) is 0 Å². The van der Waals surface area contributed by atoms with Crippen LogP contribution in [0.5, 0.6) is 0 Å². The van der Waals surface area contributed by atoms with Crippen molar-refractivity contribution >= 4 is 31.4 Å². The monoisotopic (exact) mass is 441 g/mol. The van der Waals surface area contributed by atoms with Crippen molar-refractivity contribution in [2.75, 3.05) is 12.6 Å². The summed E-state index contributed by atoms with van der Waals surface area (Å²) in [6.45, 7) is 4.01. The molecule has 3 aromatic carbocycles. The van der Waals surface area contributed by atoms with Crippen LogP contribution in [-0.2, 0) is 15.7 Å². The maximum Gasteiger partial charge on any atom is 0.243 e. The van der Waals surface area contributed by atoms with Gasteiger partial charge in [-0.15, -0.1) is 0 Å². The maximum absolute atomic E-state index is 13.1. The molecule has 30 heavy (non-hydrogen) atoms. The van der Waals surface area contributed by atoms with Crippen molar-refractivity contribution in [1.29, 1.82) is 0 Å².